The Bertz CT molecular complexity index is 140. The fourth-order valence-electron chi connectivity index (χ4n) is 0.596. The lowest BCUT2D eigenvalue weighted by Gasteiger charge is -2.08. The van der Waals surface area contributed by atoms with Gasteiger partial charge in [0.1, 0.15) is 32.8 Å². The maximum atomic E-state index is 8.36. The maximum absolute atomic E-state index is 8.36. The van der Waals surface area contributed by atoms with Crippen LogP contribution < -0.4 is 5.32 Å². The first-order valence-electron chi connectivity index (χ1n) is 3.80. The Kier molecular flexibility index (Phi) is 8.90. The van der Waals surface area contributed by atoms with Crippen LogP contribution in [0.2, 0.25) is 0 Å². The number of aliphatic imine (C=N–C) groups is 1. The number of aliphatic hydroxyl groups is 1. The molecule has 0 aromatic rings. The molecule has 0 heterocycles. The number of nitrogens with one attached hydrogen (secondary N) is 1. The van der Waals surface area contributed by atoms with Gasteiger partial charge in [0.15, 0.2) is 0 Å². The van der Waals surface area contributed by atoms with Crippen LogP contribution in [0.4, 0.5) is 0 Å². The van der Waals surface area contributed by atoms with Crippen molar-refractivity contribution in [1.29, 1.82) is 0 Å². The average Bonchev–Trinajstić information content (AvgIpc) is 2.17. The molecule has 2 N–H and O–H groups in total. The van der Waals surface area contributed by atoms with Crippen LogP contribution in [-0.2, 0) is 14.2 Å². The van der Waals surface area contributed by atoms with Gasteiger partial charge in [0.05, 0.1) is 0 Å². The fraction of sp³-hybridized carbons (Fsp3) is 0.857. The predicted octanol–water partition coefficient (Wildman–Crippen LogP) is -0.851. The Morgan fingerprint density at radius 3 is 2.77 bits per heavy atom. The standard InChI is InChI=1S/C7H16N2O4/c1-8-7(3-12-5-10)9-4-13-6-11-2/h10H,3-6H2,1-2H3,(H,8,9). The second-order valence-electron chi connectivity index (χ2n) is 2.08. The zero-order valence-electron chi connectivity index (χ0n) is 7.95. The molecule has 0 aromatic heterocycles. The molecular weight excluding hydrogens is 176 g/mol. The number of amidine groups is 1. The Labute approximate surface area is 77.5 Å². The minimum atomic E-state index is -0.320. The molecule has 6 heteroatoms. The monoisotopic (exact) mass is 192 g/mol. The van der Waals surface area contributed by atoms with Gasteiger partial charge in [-0.1, -0.05) is 0 Å². The number of nitrogens with zero attached hydrogens (tertiary/aromatic N) is 1. The van der Waals surface area contributed by atoms with Crippen molar-refractivity contribution in [3.05, 3.63) is 0 Å². The summed E-state index contributed by atoms with van der Waals surface area (Å²) in [5.41, 5.74) is 0. The normalized spacial score (nSPS) is 11.8. The van der Waals surface area contributed by atoms with Crippen molar-refractivity contribution in [3.63, 3.8) is 0 Å². The van der Waals surface area contributed by atoms with E-state index in [1.165, 1.54) is 0 Å². The summed E-state index contributed by atoms with van der Waals surface area (Å²) in [6.07, 6.45) is 0. The third kappa shape index (κ3) is 7.66. The first-order chi connectivity index (χ1) is 6.35. The van der Waals surface area contributed by atoms with Crippen LogP contribution >= 0.6 is 0 Å². The second-order valence-corrected chi connectivity index (χ2v) is 2.08. The van der Waals surface area contributed by atoms with E-state index in [0.29, 0.717) is 12.6 Å². The predicted molar refractivity (Wildman–Crippen MR) is 47.4 cm³/mol. The smallest absolute Gasteiger partial charge is 0.148 e. The molecule has 13 heavy (non-hydrogen) atoms. The zero-order valence-corrected chi connectivity index (χ0v) is 7.95. The number of hydrogen-bond donors (Lipinski definition) is 2. The Balaban J connectivity index is 3.38. The van der Waals surface area contributed by atoms with Crippen LogP contribution in [0.3, 0.4) is 0 Å². The van der Waals surface area contributed by atoms with E-state index in [4.69, 9.17) is 14.6 Å². The highest BCUT2D eigenvalue weighted by molar-refractivity contribution is 5.83. The van der Waals surface area contributed by atoms with Gasteiger partial charge >= 0.3 is 0 Å². The highest BCUT2D eigenvalue weighted by atomic mass is 16.7. The molecule has 0 spiro atoms. The third-order valence-corrected chi connectivity index (χ3v) is 1.18. The van der Waals surface area contributed by atoms with Gasteiger partial charge < -0.3 is 24.6 Å². The lowest BCUT2D eigenvalue weighted by Crippen LogP contribution is -2.30. The van der Waals surface area contributed by atoms with Gasteiger partial charge in [-0.05, 0) is 0 Å². The van der Waals surface area contributed by atoms with E-state index >= 15 is 0 Å². The van der Waals surface area contributed by atoms with Crippen LogP contribution in [0, 0.1) is 0 Å². The van der Waals surface area contributed by atoms with Gasteiger partial charge in [-0.2, -0.15) is 0 Å². The van der Waals surface area contributed by atoms with E-state index in [2.05, 4.69) is 15.0 Å². The molecule has 0 bridgehead atoms. The Morgan fingerprint density at radius 2 is 2.23 bits per heavy atom. The SMILES string of the molecule is CN=C(COCO)NCOCOC. The quantitative estimate of drug-likeness (QED) is 0.238. The van der Waals surface area contributed by atoms with Crippen molar-refractivity contribution in [2.45, 2.75) is 0 Å². The van der Waals surface area contributed by atoms with Crippen LogP contribution in [0.1, 0.15) is 0 Å². The first kappa shape index (κ1) is 12.3. The van der Waals surface area contributed by atoms with Gasteiger partial charge in [0.25, 0.3) is 0 Å². The van der Waals surface area contributed by atoms with E-state index in [0.717, 1.165) is 0 Å². The molecule has 0 aliphatic rings. The summed E-state index contributed by atoms with van der Waals surface area (Å²) < 4.78 is 14.3. The van der Waals surface area contributed by atoms with E-state index in [9.17, 15) is 0 Å². The van der Waals surface area contributed by atoms with Crippen molar-refractivity contribution in [2.24, 2.45) is 4.99 Å². The molecule has 0 saturated heterocycles. The second kappa shape index (κ2) is 9.40. The van der Waals surface area contributed by atoms with E-state index in [-0.39, 0.29) is 20.2 Å². The summed E-state index contributed by atoms with van der Waals surface area (Å²) in [7, 11) is 3.17. The van der Waals surface area contributed by atoms with Gasteiger partial charge in [0, 0.05) is 14.2 Å². The molecule has 0 amide bonds. The van der Waals surface area contributed by atoms with Crippen LogP contribution in [0.25, 0.3) is 0 Å². The largest absolute Gasteiger partial charge is 0.371 e. The minimum absolute atomic E-state index is 0.227. The van der Waals surface area contributed by atoms with Crippen molar-refractivity contribution < 1.29 is 19.3 Å². The van der Waals surface area contributed by atoms with Gasteiger partial charge in [-0.25, -0.2) is 0 Å². The fourth-order valence-corrected chi connectivity index (χ4v) is 0.596. The summed E-state index contributed by atoms with van der Waals surface area (Å²) in [4.78, 5) is 3.87. The number of rotatable bonds is 7. The summed E-state index contributed by atoms with van der Waals surface area (Å²) >= 11 is 0. The number of ether oxygens (including phenoxy) is 3. The third-order valence-electron chi connectivity index (χ3n) is 1.18. The Morgan fingerprint density at radius 1 is 1.46 bits per heavy atom. The molecule has 0 aliphatic heterocycles. The number of aliphatic hydroxyl groups excluding tert-OH is 1. The zero-order chi connectivity index (χ0) is 9.94. The molecule has 0 fully saturated rings. The van der Waals surface area contributed by atoms with Crippen LogP contribution in [-0.4, -0.2) is 52.0 Å². The number of hydrogen-bond acceptors (Lipinski definition) is 5. The van der Waals surface area contributed by atoms with E-state index < -0.39 is 0 Å². The van der Waals surface area contributed by atoms with E-state index in [1.54, 1.807) is 14.2 Å². The van der Waals surface area contributed by atoms with E-state index in [1.807, 2.05) is 0 Å². The van der Waals surface area contributed by atoms with Crippen LogP contribution in [0.5, 0.6) is 0 Å². The first-order valence-corrected chi connectivity index (χ1v) is 3.80. The molecule has 0 rings (SSSR count). The highest BCUT2D eigenvalue weighted by Crippen LogP contribution is 1.78. The lowest BCUT2D eigenvalue weighted by atomic mass is 10.6. The molecule has 0 saturated carbocycles. The molecule has 6 nitrogen and oxygen atoms in total. The van der Waals surface area contributed by atoms with Gasteiger partial charge in [-0.3, -0.25) is 4.99 Å². The summed E-state index contributed by atoms with van der Waals surface area (Å²) in [6.45, 7) is 0.448. The Hall–Kier alpha value is -0.690. The maximum Gasteiger partial charge on any atom is 0.148 e. The van der Waals surface area contributed by atoms with Crippen molar-refractivity contribution in [1.82, 2.24) is 5.32 Å². The summed E-state index contributed by atoms with van der Waals surface area (Å²) in [5, 5.41) is 11.2. The van der Waals surface area contributed by atoms with Crippen molar-refractivity contribution in [2.75, 3.05) is 41.1 Å². The van der Waals surface area contributed by atoms with Crippen molar-refractivity contribution in [3.8, 4) is 0 Å². The molecule has 0 unspecified atom stereocenters. The summed E-state index contributed by atoms with van der Waals surface area (Å²) in [6, 6.07) is 0. The molecule has 0 aliphatic carbocycles. The average molecular weight is 192 g/mol. The lowest BCUT2D eigenvalue weighted by molar-refractivity contribution is -0.0339. The molecule has 0 aromatic carbocycles. The van der Waals surface area contributed by atoms with Gasteiger partial charge in [0.2, 0.25) is 0 Å². The molecule has 0 radical (unpaired) electrons. The summed E-state index contributed by atoms with van der Waals surface area (Å²) in [5.74, 6) is 0.616. The topological polar surface area (TPSA) is 72.3 Å². The highest BCUT2D eigenvalue weighted by Gasteiger charge is 1.96. The minimum Gasteiger partial charge on any atom is -0.371 e. The molecule has 78 valence electrons. The van der Waals surface area contributed by atoms with Crippen molar-refractivity contribution >= 4 is 5.84 Å². The van der Waals surface area contributed by atoms with Gasteiger partial charge in [-0.15, -0.1) is 0 Å². The molecular formula is C7H16N2O4. The van der Waals surface area contributed by atoms with Crippen LogP contribution in [0.15, 0.2) is 4.99 Å². The molecule has 0 atom stereocenters. The number of methoxy groups -OCH3 is 1.